The van der Waals surface area contributed by atoms with Gasteiger partial charge >= 0.3 is 6.09 Å². The number of aldehydes is 1. The topological polar surface area (TPSA) is 128 Å². The minimum absolute atomic E-state index is 0.0108. The number of aliphatic hydroxyl groups excluding tert-OH is 1. The van der Waals surface area contributed by atoms with Crippen molar-refractivity contribution in [2.75, 3.05) is 18.5 Å². The van der Waals surface area contributed by atoms with Crippen LogP contribution in [0.4, 0.5) is 10.5 Å². The molecule has 8 heteroatoms. The monoisotopic (exact) mass is 420 g/mol. The van der Waals surface area contributed by atoms with Crippen molar-refractivity contribution in [3.8, 4) is 0 Å². The second kappa shape index (κ2) is 12.8. The fraction of sp³-hybridized carbons (Fsp3) is 0.500. The first kappa shape index (κ1) is 27.3. The zero-order chi connectivity index (χ0) is 23.5. The number of anilines is 1. The Kier molecular flexibility index (Phi) is 11.6. The molecule has 1 atom stereocenters. The summed E-state index contributed by atoms with van der Waals surface area (Å²) in [7, 11) is 0. The Morgan fingerprint density at radius 1 is 1.33 bits per heavy atom. The van der Waals surface area contributed by atoms with Gasteiger partial charge in [0, 0.05) is 17.1 Å². The van der Waals surface area contributed by atoms with E-state index in [1.54, 1.807) is 19.9 Å². The minimum atomic E-state index is -1.11. The van der Waals surface area contributed by atoms with Crippen LogP contribution < -0.4 is 11.1 Å². The number of nitrogens with two attached hydrogens (primary N) is 1. The second-order valence-electron chi connectivity index (χ2n) is 7.40. The number of carboxylic acid groups (broad SMARTS) is 1. The summed E-state index contributed by atoms with van der Waals surface area (Å²) in [5.74, 6) is 0.735. The van der Waals surface area contributed by atoms with Crippen molar-refractivity contribution in [2.45, 2.75) is 60.0 Å². The average molecular weight is 421 g/mol. The molecule has 1 aromatic carbocycles. The number of carbonyl (C=O) groups is 2. The zero-order valence-corrected chi connectivity index (χ0v) is 19.1. The van der Waals surface area contributed by atoms with Crippen LogP contribution in [0.1, 0.15) is 52.7 Å². The molecule has 0 aliphatic carbocycles. The van der Waals surface area contributed by atoms with Crippen molar-refractivity contribution in [1.82, 2.24) is 4.90 Å². The van der Waals surface area contributed by atoms with Gasteiger partial charge in [0.2, 0.25) is 0 Å². The zero-order valence-electron chi connectivity index (χ0n) is 19.1. The first-order chi connectivity index (χ1) is 14.0. The third-order valence-corrected chi connectivity index (χ3v) is 3.96. The number of aryl methyl sites for hydroxylation is 1. The molecule has 0 fully saturated rings. The van der Waals surface area contributed by atoms with Crippen LogP contribution >= 0.6 is 0 Å². The maximum atomic E-state index is 11.0. The predicted octanol–water partition coefficient (Wildman–Crippen LogP) is 3.49. The SMILES string of the molecule is CC.CC(C)(N)CO.CC1=NC(c2ccc(C)cc2NC(=O)O)=CC(C)N1CC=O. The average Bonchev–Trinajstić information content (AvgIpc) is 2.66. The van der Waals surface area contributed by atoms with Gasteiger partial charge in [0.05, 0.1) is 24.5 Å². The number of hydrogen-bond acceptors (Lipinski definition) is 6. The number of amides is 1. The highest BCUT2D eigenvalue weighted by Crippen LogP contribution is 2.29. The third kappa shape index (κ3) is 9.19. The highest BCUT2D eigenvalue weighted by Gasteiger charge is 2.21. The van der Waals surface area contributed by atoms with Crippen LogP contribution in [0, 0.1) is 6.92 Å². The van der Waals surface area contributed by atoms with Gasteiger partial charge < -0.3 is 25.6 Å². The summed E-state index contributed by atoms with van der Waals surface area (Å²) in [6, 6.07) is 5.55. The predicted molar refractivity (Wildman–Crippen MR) is 123 cm³/mol. The molecule has 1 aliphatic heterocycles. The first-order valence-electron chi connectivity index (χ1n) is 9.96. The summed E-state index contributed by atoms with van der Waals surface area (Å²) < 4.78 is 0. The first-order valence-corrected chi connectivity index (χ1v) is 9.96. The van der Waals surface area contributed by atoms with E-state index in [1.807, 2.05) is 57.7 Å². The van der Waals surface area contributed by atoms with Crippen LogP contribution in [0.3, 0.4) is 0 Å². The molecular weight excluding hydrogens is 384 g/mol. The molecule has 8 nitrogen and oxygen atoms in total. The summed E-state index contributed by atoms with van der Waals surface area (Å²) in [6.45, 7) is 13.6. The quantitative estimate of drug-likeness (QED) is 0.540. The van der Waals surface area contributed by atoms with Gasteiger partial charge in [0.15, 0.2) is 0 Å². The summed E-state index contributed by atoms with van der Waals surface area (Å²) in [5.41, 5.74) is 7.78. The van der Waals surface area contributed by atoms with Gasteiger partial charge in [0.25, 0.3) is 0 Å². The summed E-state index contributed by atoms with van der Waals surface area (Å²) in [5, 5.41) is 19.7. The van der Waals surface area contributed by atoms with E-state index in [9.17, 15) is 9.59 Å². The van der Waals surface area contributed by atoms with E-state index in [0.29, 0.717) is 11.4 Å². The van der Waals surface area contributed by atoms with Crippen molar-refractivity contribution in [3.63, 3.8) is 0 Å². The van der Waals surface area contributed by atoms with Crippen molar-refractivity contribution in [2.24, 2.45) is 10.7 Å². The number of benzene rings is 1. The molecule has 1 heterocycles. The van der Waals surface area contributed by atoms with E-state index in [2.05, 4.69) is 10.3 Å². The fourth-order valence-corrected chi connectivity index (χ4v) is 2.52. The second-order valence-corrected chi connectivity index (χ2v) is 7.40. The number of nitrogens with zero attached hydrogens (tertiary/aromatic N) is 2. The molecule has 0 saturated carbocycles. The largest absolute Gasteiger partial charge is 0.465 e. The lowest BCUT2D eigenvalue weighted by molar-refractivity contribution is -0.108. The highest BCUT2D eigenvalue weighted by atomic mass is 16.4. The molecule has 30 heavy (non-hydrogen) atoms. The Labute approximate surface area is 179 Å². The van der Waals surface area contributed by atoms with Crippen LogP contribution in [0.5, 0.6) is 0 Å². The Morgan fingerprint density at radius 2 is 1.90 bits per heavy atom. The number of carbonyl (C=O) groups excluding carboxylic acids is 1. The lowest BCUT2D eigenvalue weighted by Crippen LogP contribution is -2.39. The maximum Gasteiger partial charge on any atom is 0.409 e. The molecule has 0 saturated heterocycles. The van der Waals surface area contributed by atoms with E-state index >= 15 is 0 Å². The molecule has 0 radical (unpaired) electrons. The normalized spacial score (nSPS) is 15.5. The van der Waals surface area contributed by atoms with E-state index in [4.69, 9.17) is 15.9 Å². The molecule has 0 aromatic heterocycles. The van der Waals surface area contributed by atoms with E-state index < -0.39 is 11.6 Å². The van der Waals surface area contributed by atoms with Crippen LogP contribution in [-0.4, -0.2) is 58.1 Å². The molecule has 1 aromatic rings. The van der Waals surface area contributed by atoms with E-state index in [0.717, 1.165) is 23.2 Å². The van der Waals surface area contributed by atoms with Crippen molar-refractivity contribution in [3.05, 3.63) is 35.4 Å². The van der Waals surface area contributed by atoms with Gasteiger partial charge in [-0.3, -0.25) is 5.32 Å². The number of aliphatic hydroxyl groups is 1. The van der Waals surface area contributed by atoms with Gasteiger partial charge in [-0.05, 0) is 52.3 Å². The fourth-order valence-electron chi connectivity index (χ4n) is 2.52. The van der Waals surface area contributed by atoms with Gasteiger partial charge in [-0.15, -0.1) is 0 Å². The van der Waals surface area contributed by atoms with Gasteiger partial charge in [-0.25, -0.2) is 9.79 Å². The lowest BCUT2D eigenvalue weighted by atomic mass is 10.0. The van der Waals surface area contributed by atoms with Crippen LogP contribution in [0.2, 0.25) is 0 Å². The number of nitrogens with one attached hydrogen (secondary N) is 1. The Bertz CT molecular complexity index is 767. The third-order valence-electron chi connectivity index (χ3n) is 3.96. The van der Waals surface area contributed by atoms with Crippen LogP contribution in [0.15, 0.2) is 29.3 Å². The smallest absolute Gasteiger partial charge is 0.409 e. The van der Waals surface area contributed by atoms with Crippen molar-refractivity contribution < 1.29 is 19.8 Å². The van der Waals surface area contributed by atoms with Crippen LogP contribution in [-0.2, 0) is 4.79 Å². The maximum absolute atomic E-state index is 11.0. The number of aliphatic imine (C=N–C) groups is 1. The number of rotatable bonds is 5. The molecular formula is C22H36N4O4. The molecule has 1 amide bonds. The Balaban J connectivity index is 0.000000905. The van der Waals surface area contributed by atoms with Crippen molar-refractivity contribution in [1.29, 1.82) is 0 Å². The van der Waals surface area contributed by atoms with Crippen molar-refractivity contribution >= 4 is 29.6 Å². The van der Waals surface area contributed by atoms with E-state index in [1.165, 1.54) is 0 Å². The number of hydrogen-bond donors (Lipinski definition) is 4. The molecule has 0 spiro atoms. The van der Waals surface area contributed by atoms with Gasteiger partial charge in [-0.1, -0.05) is 26.0 Å². The Hall–Kier alpha value is -2.71. The Morgan fingerprint density at radius 3 is 2.33 bits per heavy atom. The van der Waals surface area contributed by atoms with Gasteiger partial charge in [0.1, 0.15) is 12.1 Å². The molecule has 1 aliphatic rings. The summed E-state index contributed by atoms with van der Waals surface area (Å²) in [4.78, 5) is 28.1. The summed E-state index contributed by atoms with van der Waals surface area (Å²) in [6.07, 6.45) is 1.66. The lowest BCUT2D eigenvalue weighted by Gasteiger charge is -2.31. The van der Waals surface area contributed by atoms with Gasteiger partial charge in [-0.2, -0.15) is 0 Å². The minimum Gasteiger partial charge on any atom is -0.465 e. The molecule has 1 unspecified atom stereocenters. The molecule has 168 valence electrons. The number of amidine groups is 1. The molecule has 5 N–H and O–H groups in total. The standard InChI is InChI=1S/C16H19N3O3.C4H11NO.C2H6/c1-10-4-5-13(14(8-10)18-16(21)22)15-9-11(2)19(6-7-20)12(3)17-15;1-4(2,5)3-6;1-2/h4-5,7-9,11,18H,6H2,1-3H3,(H,21,22);6H,3,5H2,1-2H3;1-2H3. The highest BCUT2D eigenvalue weighted by molar-refractivity contribution is 5.94. The van der Waals surface area contributed by atoms with Crippen LogP contribution in [0.25, 0.3) is 5.70 Å². The van der Waals surface area contributed by atoms with E-state index in [-0.39, 0.29) is 19.2 Å². The summed E-state index contributed by atoms with van der Waals surface area (Å²) >= 11 is 0. The molecule has 0 bridgehead atoms. The molecule has 2 rings (SSSR count).